The monoisotopic (exact) mass is 612 g/mol. The second kappa shape index (κ2) is 21.0. The molecule has 0 saturated carbocycles. The van der Waals surface area contributed by atoms with E-state index in [1.54, 1.807) is 18.5 Å². The number of rotatable bonds is 1. The second-order valence-corrected chi connectivity index (χ2v) is 8.44. The zero-order chi connectivity index (χ0) is 27.5. The van der Waals surface area contributed by atoms with Crippen LogP contribution in [0.25, 0.3) is 10.9 Å². The van der Waals surface area contributed by atoms with Crippen LogP contribution in [0.4, 0.5) is 0 Å². The smallest absolute Gasteiger partial charge is 0.0111 e. The minimum absolute atomic E-state index is 0. The molecule has 2 unspecified atom stereocenters. The summed E-state index contributed by atoms with van der Waals surface area (Å²) < 4.78 is 0. The first-order valence-corrected chi connectivity index (χ1v) is 12.9. The second-order valence-electron chi connectivity index (χ2n) is 8.44. The van der Waals surface area contributed by atoms with Crippen LogP contribution in [0.1, 0.15) is 34.3 Å². The molecule has 0 bridgehead atoms. The van der Waals surface area contributed by atoms with Crippen molar-refractivity contribution in [2.24, 2.45) is 10.2 Å². The summed E-state index contributed by atoms with van der Waals surface area (Å²) in [5.41, 5.74) is 13.3. The predicted octanol–water partition coefficient (Wildman–Crippen LogP) is 8.73. The molecular formula is C36H28N4Ti2-14. The Morgan fingerprint density at radius 2 is 0.905 bits per heavy atom. The molecule has 4 nitrogen and oxygen atoms in total. The molecule has 2 aliphatic rings. The van der Waals surface area contributed by atoms with Crippen molar-refractivity contribution in [2.75, 3.05) is 0 Å². The Hall–Kier alpha value is -3.79. The van der Waals surface area contributed by atoms with Crippen molar-refractivity contribution in [2.45, 2.75) is 12.1 Å². The molecule has 6 aromatic rings. The van der Waals surface area contributed by atoms with E-state index < -0.39 is 0 Å². The van der Waals surface area contributed by atoms with E-state index in [-0.39, 0.29) is 55.5 Å². The van der Waals surface area contributed by atoms with Crippen molar-refractivity contribution in [3.8, 4) is 0 Å². The quantitative estimate of drug-likeness (QED) is 0.132. The van der Waals surface area contributed by atoms with Gasteiger partial charge in [-0.05, 0) is 11.1 Å². The van der Waals surface area contributed by atoms with Crippen molar-refractivity contribution in [1.29, 1.82) is 0 Å². The van der Waals surface area contributed by atoms with Gasteiger partial charge in [0.05, 0.1) is 0 Å². The molecule has 6 heteroatoms. The molecule has 0 radical (unpaired) electrons. The van der Waals surface area contributed by atoms with Crippen LogP contribution in [0.15, 0.2) is 156 Å². The number of hydrogen-bond donors (Lipinski definition) is 0. The van der Waals surface area contributed by atoms with Gasteiger partial charge in [0.15, 0.2) is 0 Å². The number of nitrogens with zero attached hydrogens (tertiary/aromatic N) is 4. The number of hydrogen-bond acceptors (Lipinski definition) is 2. The summed E-state index contributed by atoms with van der Waals surface area (Å²) >= 11 is 0. The molecular weight excluding hydrogens is 584 g/mol. The summed E-state index contributed by atoms with van der Waals surface area (Å²) in [6.45, 7) is 0. The molecule has 0 N–H and O–H groups in total. The fraction of sp³-hybridized carbons (Fsp3) is 0.0556. The van der Waals surface area contributed by atoms with Crippen LogP contribution >= 0.6 is 0 Å². The van der Waals surface area contributed by atoms with Crippen LogP contribution in [0, 0.1) is 24.3 Å². The average molecular weight is 612 g/mol. The van der Waals surface area contributed by atoms with Crippen molar-refractivity contribution in [3.63, 3.8) is 0 Å². The average Bonchev–Trinajstić information content (AvgIpc) is 3.86. The van der Waals surface area contributed by atoms with Crippen molar-refractivity contribution in [3.05, 3.63) is 203 Å². The normalized spacial score (nSPS) is 14.5. The van der Waals surface area contributed by atoms with E-state index in [1.807, 2.05) is 115 Å². The molecule has 0 aliphatic carbocycles. The number of benzene rings is 2. The SMILES string of the molecule is C1=N[N-]C(C2[N-]N=Cc3ccccc32)c2ccccc21.[Ti].[Ti].[c-]1[c-][c-][cH-][c-]1.[cH-]1[cH-][cH-][cH-][cH-]1.c1cc[cH-]c1.c1cc[cH-]c1. The van der Waals surface area contributed by atoms with E-state index >= 15 is 0 Å². The van der Waals surface area contributed by atoms with Crippen molar-refractivity contribution < 1.29 is 43.4 Å². The molecule has 2 atom stereocenters. The Labute approximate surface area is 279 Å². The molecule has 0 aromatic heterocycles. The molecule has 2 aliphatic heterocycles. The first-order chi connectivity index (χ1) is 19.9. The maximum absolute atomic E-state index is 4.40. The van der Waals surface area contributed by atoms with Gasteiger partial charge in [-0.2, -0.15) is 36.4 Å². The van der Waals surface area contributed by atoms with Gasteiger partial charge in [-0.3, -0.25) is 0 Å². The van der Waals surface area contributed by atoms with Gasteiger partial charge in [0.2, 0.25) is 0 Å². The van der Waals surface area contributed by atoms with Crippen molar-refractivity contribution in [1.82, 2.24) is 0 Å². The predicted molar refractivity (Wildman–Crippen MR) is 164 cm³/mol. The molecule has 8 rings (SSSR count). The van der Waals surface area contributed by atoms with Gasteiger partial charge in [0.1, 0.15) is 0 Å². The third-order valence-electron chi connectivity index (χ3n) is 5.72. The van der Waals surface area contributed by atoms with Crippen LogP contribution in [0.5, 0.6) is 0 Å². The fourth-order valence-electron chi connectivity index (χ4n) is 3.86. The minimum atomic E-state index is -0.102. The number of fused-ring (bicyclic) bond motifs is 2. The van der Waals surface area contributed by atoms with Gasteiger partial charge in [0.25, 0.3) is 0 Å². The summed E-state index contributed by atoms with van der Waals surface area (Å²) in [5.74, 6) is 0. The summed E-state index contributed by atoms with van der Waals surface area (Å²) in [6.07, 6.45) is 3.59. The van der Waals surface area contributed by atoms with Crippen LogP contribution in [0.3, 0.4) is 0 Å². The zero-order valence-corrected chi connectivity index (χ0v) is 26.1. The summed E-state index contributed by atoms with van der Waals surface area (Å²) in [6, 6.07) is 58.2. The third kappa shape index (κ3) is 11.6. The Balaban J connectivity index is 0.000000227. The molecule has 2 heterocycles. The minimum Gasteiger partial charge on any atom is -0.999 e. The van der Waals surface area contributed by atoms with Gasteiger partial charge in [-0.25, -0.2) is 24.3 Å². The van der Waals surface area contributed by atoms with E-state index in [1.165, 1.54) is 0 Å². The molecule has 214 valence electrons. The maximum Gasteiger partial charge on any atom is 0.0111 e. The van der Waals surface area contributed by atoms with Gasteiger partial charge in [0, 0.05) is 55.9 Å². The summed E-state index contributed by atoms with van der Waals surface area (Å²) in [7, 11) is 0. The van der Waals surface area contributed by atoms with Gasteiger partial charge < -0.3 is 81.7 Å². The summed E-state index contributed by atoms with van der Waals surface area (Å²) in [4.78, 5) is 0. The van der Waals surface area contributed by atoms with Gasteiger partial charge >= 0.3 is 0 Å². The molecule has 0 amide bonds. The van der Waals surface area contributed by atoms with E-state index in [4.69, 9.17) is 0 Å². The summed E-state index contributed by atoms with van der Waals surface area (Å²) in [5, 5.41) is 8.27. The molecule has 6 aromatic carbocycles. The topological polar surface area (TPSA) is 52.9 Å². The van der Waals surface area contributed by atoms with Crippen molar-refractivity contribution >= 4 is 12.4 Å². The van der Waals surface area contributed by atoms with Crippen LogP contribution in [-0.4, -0.2) is 12.4 Å². The maximum atomic E-state index is 4.40. The van der Waals surface area contributed by atoms with E-state index in [9.17, 15) is 0 Å². The molecule has 0 spiro atoms. The Kier molecular flexibility index (Phi) is 17.2. The van der Waals surface area contributed by atoms with Gasteiger partial charge in [-0.15, -0.1) is 0 Å². The Morgan fingerprint density at radius 1 is 0.524 bits per heavy atom. The molecule has 0 saturated heterocycles. The fourth-order valence-corrected chi connectivity index (χ4v) is 3.86. The first-order valence-electron chi connectivity index (χ1n) is 12.9. The van der Waals surface area contributed by atoms with E-state index in [2.05, 4.69) is 69.6 Å². The Bertz CT molecular complexity index is 1220. The van der Waals surface area contributed by atoms with Crippen LogP contribution < -0.4 is 0 Å². The van der Waals surface area contributed by atoms with Crippen LogP contribution in [0.2, 0.25) is 0 Å². The largest absolute Gasteiger partial charge is 0.999 e. The third-order valence-corrected chi connectivity index (χ3v) is 5.72. The zero-order valence-electron chi connectivity index (χ0n) is 23.0. The van der Waals surface area contributed by atoms with Gasteiger partial charge in [-0.1, -0.05) is 71.7 Å². The first kappa shape index (κ1) is 34.4. The molecule has 42 heavy (non-hydrogen) atoms. The van der Waals surface area contributed by atoms with Crippen LogP contribution in [-0.2, 0) is 43.4 Å². The molecule has 0 fully saturated rings. The van der Waals surface area contributed by atoms with E-state index in [0.29, 0.717) is 0 Å². The standard InChI is InChI=1S/C16H12N4.3C5H5.C5H.2Ti/c1-3-7-13-11(5-1)9-17-19-15(13)16-14-8-4-2-6-12(14)10-18-20-16;4*1-2-4-5-3-1;;/h1-10,15-16H;3*1-5H;1H;;/q-2;-5;2*-1;-5;;. The van der Waals surface area contributed by atoms with E-state index in [0.717, 1.165) is 22.3 Å². The Morgan fingerprint density at radius 3 is 1.21 bits per heavy atom.